The Morgan fingerprint density at radius 3 is 2.57 bits per heavy atom. The summed E-state index contributed by atoms with van der Waals surface area (Å²) in [5.74, 6) is 0.446. The summed E-state index contributed by atoms with van der Waals surface area (Å²) in [6, 6.07) is 19.3. The molecule has 1 aliphatic rings. The van der Waals surface area contributed by atoms with Crippen molar-refractivity contribution in [2.45, 2.75) is 45.9 Å². The lowest BCUT2D eigenvalue weighted by atomic mass is 10.0. The molecule has 1 aliphatic heterocycles. The van der Waals surface area contributed by atoms with Gasteiger partial charge in [0, 0.05) is 69.9 Å². The van der Waals surface area contributed by atoms with Gasteiger partial charge < -0.3 is 25.0 Å². The van der Waals surface area contributed by atoms with Gasteiger partial charge in [0.25, 0.3) is 5.91 Å². The Morgan fingerprint density at radius 1 is 1.10 bits per heavy atom. The molecule has 0 radical (unpaired) electrons. The number of nitrogens with zero attached hydrogens (tertiary/aromatic N) is 3. The number of aromatic nitrogens is 1. The van der Waals surface area contributed by atoms with E-state index in [1.165, 1.54) is 5.56 Å². The van der Waals surface area contributed by atoms with Crippen molar-refractivity contribution in [3.05, 3.63) is 78.0 Å². The Hall–Kier alpha value is -3.95. The molecule has 1 aromatic heterocycles. The number of methoxy groups -OCH3 is 1. The number of carbonyl (C=O) groups excluding carboxylic acids is 2. The normalized spacial score (nSPS) is 20.1. The third kappa shape index (κ3) is 8.08. The number of nitrogens with one attached hydrogen (secondary N) is 2. The highest BCUT2D eigenvalue weighted by atomic mass is 16.5. The van der Waals surface area contributed by atoms with Gasteiger partial charge >= 0.3 is 6.03 Å². The van der Waals surface area contributed by atoms with Crippen molar-refractivity contribution in [3.8, 4) is 17.0 Å². The molecule has 3 aromatic rings. The fourth-order valence-corrected chi connectivity index (χ4v) is 5.11. The maximum atomic E-state index is 13.5. The van der Waals surface area contributed by atoms with E-state index in [-0.39, 0.29) is 30.0 Å². The highest BCUT2D eigenvalue weighted by Gasteiger charge is 2.28. The lowest BCUT2D eigenvalue weighted by molar-refractivity contribution is 0.00922. The first kappa shape index (κ1) is 31.0. The van der Waals surface area contributed by atoms with Crippen LogP contribution in [-0.2, 0) is 11.3 Å². The smallest absolute Gasteiger partial charge is 0.319 e. The summed E-state index contributed by atoms with van der Waals surface area (Å²) >= 11 is 0. The first-order valence-electron chi connectivity index (χ1n) is 14.6. The Labute approximate surface area is 249 Å². The van der Waals surface area contributed by atoms with Gasteiger partial charge in [0.1, 0.15) is 12.4 Å². The van der Waals surface area contributed by atoms with Gasteiger partial charge in [0.15, 0.2) is 0 Å². The molecule has 0 unspecified atom stereocenters. The fraction of sp³-hybridized carbons (Fsp3) is 0.424. The monoisotopic (exact) mass is 573 g/mol. The number of amides is 3. The molecule has 0 fully saturated rings. The maximum Gasteiger partial charge on any atom is 0.319 e. The van der Waals surface area contributed by atoms with Crippen molar-refractivity contribution in [2.24, 2.45) is 5.92 Å². The third-order valence-corrected chi connectivity index (χ3v) is 7.67. The van der Waals surface area contributed by atoms with Crippen LogP contribution in [0.2, 0.25) is 0 Å². The molecule has 2 heterocycles. The molecular weight excluding hydrogens is 530 g/mol. The zero-order valence-corrected chi connectivity index (χ0v) is 25.3. The number of fused-ring (bicyclic) bond motifs is 1. The van der Waals surface area contributed by atoms with Crippen LogP contribution in [0.5, 0.6) is 5.75 Å². The summed E-state index contributed by atoms with van der Waals surface area (Å²) in [5.41, 5.74) is 4.22. The van der Waals surface area contributed by atoms with Crippen LogP contribution in [0.25, 0.3) is 11.3 Å². The molecule has 4 rings (SSSR count). The first-order valence-corrected chi connectivity index (χ1v) is 14.6. The molecule has 0 spiro atoms. The van der Waals surface area contributed by atoms with Crippen molar-refractivity contribution in [3.63, 3.8) is 0 Å². The molecule has 3 amide bonds. The zero-order chi connectivity index (χ0) is 30.1. The second kappa shape index (κ2) is 14.8. The number of hydrogen-bond donors (Lipinski definition) is 2. The molecule has 9 nitrogen and oxygen atoms in total. The summed E-state index contributed by atoms with van der Waals surface area (Å²) in [4.78, 5) is 34.3. The van der Waals surface area contributed by atoms with Crippen LogP contribution in [0, 0.1) is 5.92 Å². The Morgan fingerprint density at radius 2 is 1.88 bits per heavy atom. The molecule has 0 saturated carbocycles. The van der Waals surface area contributed by atoms with Gasteiger partial charge in [-0.15, -0.1) is 0 Å². The SMILES string of the molecule is CCCNC(=O)Nc1ccc2c(c1)OC[C@@H](C)N(Cc1ccc(-c3ccccn3)cc1)C[C@@H](C)[C@H](OC)CN(C)C2=O. The van der Waals surface area contributed by atoms with E-state index in [4.69, 9.17) is 9.47 Å². The second-order valence-corrected chi connectivity index (χ2v) is 11.0. The van der Waals surface area contributed by atoms with Crippen LogP contribution in [0.1, 0.15) is 43.1 Å². The van der Waals surface area contributed by atoms with Crippen LogP contribution in [0.4, 0.5) is 10.5 Å². The summed E-state index contributed by atoms with van der Waals surface area (Å²) in [7, 11) is 3.48. The Bertz CT molecular complexity index is 1320. The van der Waals surface area contributed by atoms with Gasteiger partial charge in [0.2, 0.25) is 0 Å². The number of likely N-dealkylation sites (N-methyl/N-ethyl adjacent to an activating group) is 1. The van der Waals surface area contributed by atoms with Crippen LogP contribution < -0.4 is 15.4 Å². The third-order valence-electron chi connectivity index (χ3n) is 7.67. The van der Waals surface area contributed by atoms with Gasteiger partial charge in [0.05, 0.1) is 17.4 Å². The lowest BCUT2D eigenvalue weighted by Gasteiger charge is -2.36. The summed E-state index contributed by atoms with van der Waals surface area (Å²) in [6.07, 6.45) is 2.50. The van der Waals surface area contributed by atoms with Crippen molar-refractivity contribution in [1.29, 1.82) is 0 Å². The quantitative estimate of drug-likeness (QED) is 0.399. The molecular formula is C33H43N5O4. The van der Waals surface area contributed by atoms with Crippen molar-refractivity contribution < 1.29 is 19.1 Å². The number of hydrogen-bond acceptors (Lipinski definition) is 6. The summed E-state index contributed by atoms with van der Waals surface area (Å²) in [5, 5.41) is 5.65. The van der Waals surface area contributed by atoms with Crippen molar-refractivity contribution in [2.75, 3.05) is 45.7 Å². The maximum absolute atomic E-state index is 13.5. The van der Waals surface area contributed by atoms with E-state index in [1.54, 1.807) is 43.5 Å². The predicted molar refractivity (Wildman–Crippen MR) is 166 cm³/mol. The minimum atomic E-state index is -0.293. The topological polar surface area (TPSA) is 96.0 Å². The van der Waals surface area contributed by atoms with Gasteiger partial charge in [-0.3, -0.25) is 14.7 Å². The zero-order valence-electron chi connectivity index (χ0n) is 25.3. The summed E-state index contributed by atoms with van der Waals surface area (Å²) < 4.78 is 12.2. The van der Waals surface area contributed by atoms with Crippen LogP contribution in [-0.4, -0.2) is 79.3 Å². The van der Waals surface area contributed by atoms with E-state index in [1.807, 2.05) is 25.1 Å². The number of rotatable bonds is 7. The van der Waals surface area contributed by atoms with E-state index < -0.39 is 0 Å². The molecule has 3 atom stereocenters. The molecule has 2 aromatic carbocycles. The van der Waals surface area contributed by atoms with E-state index in [9.17, 15) is 9.59 Å². The van der Waals surface area contributed by atoms with E-state index >= 15 is 0 Å². The highest BCUT2D eigenvalue weighted by molar-refractivity contribution is 5.98. The van der Waals surface area contributed by atoms with Crippen LogP contribution in [0.3, 0.4) is 0 Å². The Balaban J connectivity index is 1.58. The van der Waals surface area contributed by atoms with E-state index in [2.05, 4.69) is 58.6 Å². The second-order valence-electron chi connectivity index (χ2n) is 11.0. The van der Waals surface area contributed by atoms with Gasteiger partial charge in [-0.05, 0) is 49.1 Å². The number of urea groups is 1. The molecule has 0 bridgehead atoms. The summed E-state index contributed by atoms with van der Waals surface area (Å²) in [6.45, 7) is 9.17. The largest absolute Gasteiger partial charge is 0.491 e. The van der Waals surface area contributed by atoms with Gasteiger partial charge in [-0.2, -0.15) is 0 Å². The standard InChI is InChI=1S/C33H43N5O4/c1-6-16-35-33(40)36-27-14-15-28-30(18-27)42-22-24(3)38(19-23(2)31(41-5)21-37(4)32(28)39)20-25-10-12-26(13-11-25)29-9-7-8-17-34-29/h7-15,17-18,23-24,31H,6,16,19-22H2,1-5H3,(H2,35,36,40)/t23-,24-,31-/m1/s1. The average molecular weight is 574 g/mol. The van der Waals surface area contributed by atoms with Crippen LogP contribution >= 0.6 is 0 Å². The fourth-order valence-electron chi connectivity index (χ4n) is 5.11. The van der Waals surface area contributed by atoms with Crippen LogP contribution in [0.15, 0.2) is 66.9 Å². The number of ether oxygens (including phenoxy) is 2. The van der Waals surface area contributed by atoms with E-state index in [0.29, 0.717) is 36.7 Å². The van der Waals surface area contributed by atoms with E-state index in [0.717, 1.165) is 30.8 Å². The lowest BCUT2D eigenvalue weighted by Crippen LogP contribution is -2.46. The minimum Gasteiger partial charge on any atom is -0.491 e. The van der Waals surface area contributed by atoms with Gasteiger partial charge in [-0.25, -0.2) is 4.79 Å². The number of carbonyl (C=O) groups is 2. The molecule has 224 valence electrons. The number of benzene rings is 2. The highest BCUT2D eigenvalue weighted by Crippen LogP contribution is 2.27. The van der Waals surface area contributed by atoms with Crippen molar-refractivity contribution in [1.82, 2.24) is 20.1 Å². The molecule has 9 heteroatoms. The number of pyridine rings is 1. The molecule has 0 saturated heterocycles. The predicted octanol–water partition coefficient (Wildman–Crippen LogP) is 5.29. The minimum absolute atomic E-state index is 0.0324. The first-order chi connectivity index (χ1) is 20.3. The Kier molecular flexibility index (Phi) is 10.9. The average Bonchev–Trinajstić information content (AvgIpc) is 3.01. The molecule has 42 heavy (non-hydrogen) atoms. The van der Waals surface area contributed by atoms with Crippen molar-refractivity contribution >= 4 is 17.6 Å². The molecule has 0 aliphatic carbocycles. The van der Waals surface area contributed by atoms with Gasteiger partial charge in [-0.1, -0.05) is 44.2 Å². The molecule has 2 N–H and O–H groups in total. The number of anilines is 1.